The molecule has 0 aliphatic rings. The van der Waals surface area contributed by atoms with Gasteiger partial charge in [0.1, 0.15) is 11.9 Å². The van der Waals surface area contributed by atoms with Crippen molar-refractivity contribution < 1.29 is 14.3 Å². The SMILES string of the molecule is CCNC(=NCC(O)c1ccco1)NCCOC. The van der Waals surface area contributed by atoms with Gasteiger partial charge in [0, 0.05) is 20.2 Å². The summed E-state index contributed by atoms with van der Waals surface area (Å²) in [6, 6.07) is 3.47. The number of nitrogens with zero attached hydrogens (tertiary/aromatic N) is 1. The Bertz CT molecular complexity index is 338. The van der Waals surface area contributed by atoms with Crippen LogP contribution in [0.5, 0.6) is 0 Å². The molecule has 0 fully saturated rings. The first-order chi connectivity index (χ1) is 8.77. The Morgan fingerprint density at radius 2 is 2.39 bits per heavy atom. The molecular formula is C12H21N3O3. The van der Waals surface area contributed by atoms with Gasteiger partial charge in [-0.05, 0) is 19.1 Å². The number of nitrogens with one attached hydrogen (secondary N) is 2. The smallest absolute Gasteiger partial charge is 0.191 e. The average Bonchev–Trinajstić information content (AvgIpc) is 2.89. The highest BCUT2D eigenvalue weighted by Gasteiger charge is 2.09. The molecule has 0 radical (unpaired) electrons. The number of furan rings is 1. The molecule has 6 nitrogen and oxygen atoms in total. The highest BCUT2D eigenvalue weighted by molar-refractivity contribution is 5.79. The Balaban J connectivity index is 2.43. The molecule has 6 heteroatoms. The molecule has 0 amide bonds. The van der Waals surface area contributed by atoms with E-state index in [2.05, 4.69) is 15.6 Å². The normalized spacial score (nSPS) is 13.4. The van der Waals surface area contributed by atoms with Gasteiger partial charge in [-0.3, -0.25) is 4.99 Å². The summed E-state index contributed by atoms with van der Waals surface area (Å²) < 4.78 is 10.1. The van der Waals surface area contributed by atoms with E-state index in [4.69, 9.17) is 9.15 Å². The Morgan fingerprint density at radius 3 is 3.00 bits per heavy atom. The Morgan fingerprint density at radius 1 is 1.56 bits per heavy atom. The van der Waals surface area contributed by atoms with Crippen molar-refractivity contribution in [3.05, 3.63) is 24.2 Å². The van der Waals surface area contributed by atoms with Gasteiger partial charge in [0.15, 0.2) is 5.96 Å². The monoisotopic (exact) mass is 255 g/mol. The molecule has 102 valence electrons. The summed E-state index contributed by atoms with van der Waals surface area (Å²) in [5.74, 6) is 1.17. The third-order valence-corrected chi connectivity index (χ3v) is 2.24. The molecular weight excluding hydrogens is 234 g/mol. The zero-order chi connectivity index (χ0) is 13.2. The lowest BCUT2D eigenvalue weighted by molar-refractivity contribution is 0.158. The number of guanidine groups is 1. The molecule has 0 aliphatic heterocycles. The summed E-state index contributed by atoms with van der Waals surface area (Å²) >= 11 is 0. The van der Waals surface area contributed by atoms with Crippen LogP contribution in [0.4, 0.5) is 0 Å². The summed E-state index contributed by atoms with van der Waals surface area (Å²) in [5, 5.41) is 16.0. The maximum absolute atomic E-state index is 9.82. The zero-order valence-corrected chi connectivity index (χ0v) is 10.8. The van der Waals surface area contributed by atoms with Gasteiger partial charge in [-0.25, -0.2) is 0 Å². The number of ether oxygens (including phenoxy) is 1. The standard InChI is InChI=1S/C12H21N3O3/c1-3-13-12(14-6-8-17-2)15-9-10(16)11-5-4-7-18-11/h4-5,7,10,16H,3,6,8-9H2,1-2H3,(H2,13,14,15). The molecule has 3 N–H and O–H groups in total. The van der Waals surface area contributed by atoms with Crippen LogP contribution >= 0.6 is 0 Å². The summed E-state index contributed by atoms with van der Waals surface area (Å²) in [4.78, 5) is 4.27. The Labute approximate surface area is 107 Å². The maximum Gasteiger partial charge on any atom is 0.191 e. The summed E-state index contributed by atoms with van der Waals surface area (Å²) in [5.41, 5.74) is 0. The van der Waals surface area contributed by atoms with Crippen LogP contribution in [0.2, 0.25) is 0 Å². The minimum atomic E-state index is -0.724. The quantitative estimate of drug-likeness (QED) is 0.376. The summed E-state index contributed by atoms with van der Waals surface area (Å²) in [6.07, 6.45) is 0.808. The fourth-order valence-electron chi connectivity index (χ4n) is 1.36. The predicted octanol–water partition coefficient (Wildman–Crippen LogP) is 0.514. The first-order valence-corrected chi connectivity index (χ1v) is 6.00. The fraction of sp³-hybridized carbons (Fsp3) is 0.583. The Kier molecular flexibility index (Phi) is 6.90. The lowest BCUT2D eigenvalue weighted by atomic mass is 10.3. The van der Waals surface area contributed by atoms with Crippen molar-refractivity contribution >= 4 is 5.96 Å². The van der Waals surface area contributed by atoms with Crippen LogP contribution in [0.25, 0.3) is 0 Å². The summed E-state index contributed by atoms with van der Waals surface area (Å²) in [6.45, 7) is 4.26. The molecule has 18 heavy (non-hydrogen) atoms. The molecule has 0 aliphatic carbocycles. The van der Waals surface area contributed by atoms with Crippen LogP contribution in [0.15, 0.2) is 27.8 Å². The van der Waals surface area contributed by atoms with Crippen molar-refractivity contribution in [2.45, 2.75) is 13.0 Å². The molecule has 0 bridgehead atoms. The van der Waals surface area contributed by atoms with Gasteiger partial charge in [0.05, 0.1) is 19.4 Å². The van der Waals surface area contributed by atoms with E-state index in [0.717, 1.165) is 6.54 Å². The number of methoxy groups -OCH3 is 1. The maximum atomic E-state index is 9.82. The van der Waals surface area contributed by atoms with E-state index in [1.807, 2.05) is 6.92 Å². The van der Waals surface area contributed by atoms with E-state index in [1.54, 1.807) is 19.2 Å². The van der Waals surface area contributed by atoms with Crippen molar-refractivity contribution in [2.75, 3.05) is 33.4 Å². The van der Waals surface area contributed by atoms with Gasteiger partial charge in [-0.1, -0.05) is 0 Å². The fourth-order valence-corrected chi connectivity index (χ4v) is 1.36. The number of aliphatic imine (C=N–C) groups is 1. The van der Waals surface area contributed by atoms with Crippen molar-refractivity contribution in [2.24, 2.45) is 4.99 Å². The van der Waals surface area contributed by atoms with Crippen LogP contribution in [0.1, 0.15) is 18.8 Å². The van der Waals surface area contributed by atoms with E-state index in [-0.39, 0.29) is 6.54 Å². The second kappa shape index (κ2) is 8.54. The van der Waals surface area contributed by atoms with E-state index in [9.17, 15) is 5.11 Å². The van der Waals surface area contributed by atoms with Crippen LogP contribution in [-0.2, 0) is 4.74 Å². The molecule has 0 saturated heterocycles. The molecule has 1 heterocycles. The second-order valence-corrected chi connectivity index (χ2v) is 3.67. The zero-order valence-electron chi connectivity index (χ0n) is 10.8. The topological polar surface area (TPSA) is 79.0 Å². The Hall–Kier alpha value is -1.53. The molecule has 1 aromatic rings. The van der Waals surface area contributed by atoms with Crippen molar-refractivity contribution in [3.8, 4) is 0 Å². The van der Waals surface area contributed by atoms with Gasteiger partial charge in [0.25, 0.3) is 0 Å². The van der Waals surface area contributed by atoms with Gasteiger partial charge in [0.2, 0.25) is 0 Å². The molecule has 1 aromatic heterocycles. The highest BCUT2D eigenvalue weighted by atomic mass is 16.5. The van der Waals surface area contributed by atoms with Gasteiger partial charge < -0.3 is 24.9 Å². The van der Waals surface area contributed by atoms with E-state index < -0.39 is 6.10 Å². The molecule has 0 aromatic carbocycles. The molecule has 1 atom stereocenters. The lowest BCUT2D eigenvalue weighted by Crippen LogP contribution is -2.39. The predicted molar refractivity (Wildman–Crippen MR) is 69.5 cm³/mol. The molecule has 1 rings (SSSR count). The first kappa shape index (κ1) is 14.5. The second-order valence-electron chi connectivity index (χ2n) is 3.67. The molecule has 0 spiro atoms. The minimum absolute atomic E-state index is 0.246. The average molecular weight is 255 g/mol. The third-order valence-electron chi connectivity index (χ3n) is 2.24. The van der Waals surface area contributed by atoms with Crippen LogP contribution in [0.3, 0.4) is 0 Å². The minimum Gasteiger partial charge on any atom is -0.467 e. The molecule has 0 saturated carbocycles. The van der Waals surface area contributed by atoms with E-state index in [1.165, 1.54) is 6.26 Å². The first-order valence-electron chi connectivity index (χ1n) is 6.00. The number of hydrogen-bond acceptors (Lipinski definition) is 4. The van der Waals surface area contributed by atoms with Crippen molar-refractivity contribution in [3.63, 3.8) is 0 Å². The molecule has 1 unspecified atom stereocenters. The van der Waals surface area contributed by atoms with Gasteiger partial charge in [-0.15, -0.1) is 0 Å². The van der Waals surface area contributed by atoms with Gasteiger partial charge in [-0.2, -0.15) is 0 Å². The lowest BCUT2D eigenvalue weighted by Gasteiger charge is -2.11. The van der Waals surface area contributed by atoms with Crippen molar-refractivity contribution in [1.29, 1.82) is 0 Å². The van der Waals surface area contributed by atoms with E-state index >= 15 is 0 Å². The third kappa shape index (κ3) is 5.20. The van der Waals surface area contributed by atoms with Crippen LogP contribution < -0.4 is 10.6 Å². The highest BCUT2D eigenvalue weighted by Crippen LogP contribution is 2.12. The van der Waals surface area contributed by atoms with Gasteiger partial charge >= 0.3 is 0 Å². The largest absolute Gasteiger partial charge is 0.467 e. The number of hydrogen-bond donors (Lipinski definition) is 3. The number of aliphatic hydroxyl groups is 1. The van der Waals surface area contributed by atoms with Crippen LogP contribution in [0, 0.1) is 0 Å². The van der Waals surface area contributed by atoms with Crippen LogP contribution in [-0.4, -0.2) is 44.4 Å². The number of rotatable bonds is 7. The van der Waals surface area contributed by atoms with E-state index in [0.29, 0.717) is 24.9 Å². The van der Waals surface area contributed by atoms with Crippen molar-refractivity contribution in [1.82, 2.24) is 10.6 Å². The number of aliphatic hydroxyl groups excluding tert-OH is 1. The summed E-state index contributed by atoms with van der Waals surface area (Å²) in [7, 11) is 1.65.